The maximum atomic E-state index is 5.65. The normalized spacial score (nSPS) is 15.8. The Labute approximate surface area is 192 Å². The van der Waals surface area contributed by atoms with E-state index in [9.17, 15) is 0 Å². The molecule has 2 aliphatic rings. The highest BCUT2D eigenvalue weighted by atomic mass is 16.5. The number of ether oxygens (including phenoxy) is 1. The number of aromatic nitrogens is 1. The molecule has 0 spiro atoms. The van der Waals surface area contributed by atoms with Gasteiger partial charge in [-0.05, 0) is 52.6 Å². The van der Waals surface area contributed by atoms with Crippen molar-refractivity contribution in [2.75, 3.05) is 12.0 Å². The van der Waals surface area contributed by atoms with Crippen LogP contribution in [0.2, 0.25) is 0 Å². The van der Waals surface area contributed by atoms with E-state index in [2.05, 4.69) is 113 Å². The number of hydrogen-bond acceptors (Lipinski definition) is 2. The van der Waals surface area contributed by atoms with Crippen LogP contribution in [-0.4, -0.2) is 12.1 Å². The maximum Gasteiger partial charge on any atom is 0.119 e. The molecule has 3 heteroatoms. The molecular formula is C30H22N2O. The number of nitrogens with zero attached hydrogens (tertiary/aromatic N) is 1. The van der Waals surface area contributed by atoms with E-state index >= 15 is 0 Å². The van der Waals surface area contributed by atoms with Gasteiger partial charge in [0.15, 0.2) is 0 Å². The van der Waals surface area contributed by atoms with Crippen LogP contribution < -0.4 is 9.64 Å². The number of aromatic amines is 1. The lowest BCUT2D eigenvalue weighted by atomic mass is 9.87. The Morgan fingerprint density at radius 1 is 0.788 bits per heavy atom. The molecule has 4 aromatic carbocycles. The number of para-hydroxylation sites is 1. The topological polar surface area (TPSA) is 28.3 Å². The summed E-state index contributed by atoms with van der Waals surface area (Å²) in [5.74, 6) is 0.878. The third-order valence-electron chi connectivity index (χ3n) is 6.95. The summed E-state index contributed by atoms with van der Waals surface area (Å²) < 4.78 is 5.65. The predicted molar refractivity (Wildman–Crippen MR) is 135 cm³/mol. The van der Waals surface area contributed by atoms with Gasteiger partial charge in [0.2, 0.25) is 0 Å². The van der Waals surface area contributed by atoms with E-state index < -0.39 is 0 Å². The van der Waals surface area contributed by atoms with E-state index in [1.165, 1.54) is 55.7 Å². The van der Waals surface area contributed by atoms with Gasteiger partial charge in [0, 0.05) is 39.6 Å². The van der Waals surface area contributed by atoms with Crippen LogP contribution in [0.15, 0.2) is 97.2 Å². The monoisotopic (exact) mass is 426 g/mol. The number of H-pyrrole nitrogens is 1. The van der Waals surface area contributed by atoms with Gasteiger partial charge in [0.05, 0.1) is 13.2 Å². The van der Waals surface area contributed by atoms with Crippen molar-refractivity contribution in [2.45, 2.75) is 6.04 Å². The van der Waals surface area contributed by atoms with Crippen LogP contribution in [0.4, 0.5) is 5.69 Å². The average Bonchev–Trinajstić information content (AvgIpc) is 3.26. The predicted octanol–water partition coefficient (Wildman–Crippen LogP) is 7.26. The average molecular weight is 427 g/mol. The van der Waals surface area contributed by atoms with Gasteiger partial charge in [0.25, 0.3) is 0 Å². The van der Waals surface area contributed by atoms with E-state index in [4.69, 9.17) is 4.74 Å². The molecule has 1 N–H and O–H groups in total. The molecular weight excluding hydrogens is 404 g/mol. The second kappa shape index (κ2) is 6.88. The third kappa shape index (κ3) is 2.56. The first-order chi connectivity index (χ1) is 16.3. The summed E-state index contributed by atoms with van der Waals surface area (Å²) in [5, 5.41) is 1.29. The minimum atomic E-state index is 0.0221. The molecule has 1 unspecified atom stereocenters. The zero-order chi connectivity index (χ0) is 21.9. The van der Waals surface area contributed by atoms with E-state index in [-0.39, 0.29) is 6.04 Å². The van der Waals surface area contributed by atoms with Crippen LogP contribution >= 0.6 is 0 Å². The molecule has 0 saturated carbocycles. The number of nitrogens with one attached hydrogen (secondary N) is 1. The standard InChI is InChI=1S/C30H22N2O/c1-33-21-15-14-20-16-28(19-8-3-2-4-9-19)32-27-13-6-5-10-22(27)23-11-7-12-26-29(23)25(18-31-26)30(32)24(20)17-21/h2-18,30-31H,1H3. The molecule has 1 atom stereocenters. The van der Waals surface area contributed by atoms with Crippen molar-refractivity contribution in [3.63, 3.8) is 0 Å². The van der Waals surface area contributed by atoms with Crippen LogP contribution in [0.1, 0.15) is 28.3 Å². The van der Waals surface area contributed by atoms with Gasteiger partial charge in [-0.3, -0.25) is 0 Å². The van der Waals surface area contributed by atoms with Crippen LogP contribution in [0.3, 0.4) is 0 Å². The summed E-state index contributed by atoms with van der Waals surface area (Å²) >= 11 is 0. The molecule has 0 bridgehead atoms. The van der Waals surface area contributed by atoms with Gasteiger partial charge in [-0.1, -0.05) is 66.7 Å². The largest absolute Gasteiger partial charge is 0.497 e. The minimum Gasteiger partial charge on any atom is -0.497 e. The van der Waals surface area contributed by atoms with Crippen LogP contribution in [0.5, 0.6) is 5.75 Å². The fourth-order valence-electron chi connectivity index (χ4n) is 5.51. The number of methoxy groups -OCH3 is 1. The van der Waals surface area contributed by atoms with E-state index in [1.807, 2.05) is 0 Å². The van der Waals surface area contributed by atoms with Gasteiger partial charge in [-0.15, -0.1) is 0 Å². The molecule has 0 fully saturated rings. The van der Waals surface area contributed by atoms with Gasteiger partial charge in [-0.25, -0.2) is 0 Å². The van der Waals surface area contributed by atoms with Gasteiger partial charge < -0.3 is 14.6 Å². The summed E-state index contributed by atoms with van der Waals surface area (Å²) in [4.78, 5) is 6.06. The minimum absolute atomic E-state index is 0.0221. The van der Waals surface area contributed by atoms with Crippen molar-refractivity contribution < 1.29 is 4.74 Å². The molecule has 2 aliphatic heterocycles. The molecule has 0 saturated heterocycles. The summed E-state index contributed by atoms with van der Waals surface area (Å²) in [5.41, 5.74) is 11.1. The van der Waals surface area contributed by atoms with Crippen molar-refractivity contribution in [2.24, 2.45) is 0 Å². The van der Waals surface area contributed by atoms with Crippen molar-refractivity contribution in [1.29, 1.82) is 0 Å². The number of benzene rings is 4. The number of fused-ring (bicyclic) bond motifs is 7. The molecule has 33 heavy (non-hydrogen) atoms. The molecule has 1 aromatic heterocycles. The molecule has 5 aromatic rings. The zero-order valence-electron chi connectivity index (χ0n) is 18.2. The molecule has 3 heterocycles. The SMILES string of the molecule is COc1ccc2c(c1)C1c3c[nH]c4cccc(c34)-c3ccccc3N1C(c1ccccc1)=C2. The van der Waals surface area contributed by atoms with Crippen molar-refractivity contribution >= 4 is 28.4 Å². The smallest absolute Gasteiger partial charge is 0.119 e. The lowest BCUT2D eigenvalue weighted by Crippen LogP contribution is -2.31. The fraction of sp³-hybridized carbons (Fsp3) is 0.0667. The van der Waals surface area contributed by atoms with Crippen LogP contribution in [-0.2, 0) is 0 Å². The van der Waals surface area contributed by atoms with E-state index in [0.717, 1.165) is 5.75 Å². The first kappa shape index (κ1) is 18.3. The summed E-state index contributed by atoms with van der Waals surface area (Å²) in [6.07, 6.45) is 4.51. The summed E-state index contributed by atoms with van der Waals surface area (Å²) in [7, 11) is 1.74. The Balaban J connectivity index is 1.64. The molecule has 0 amide bonds. The highest BCUT2D eigenvalue weighted by Crippen LogP contribution is 2.53. The number of rotatable bonds is 2. The van der Waals surface area contributed by atoms with E-state index in [1.54, 1.807) is 7.11 Å². The van der Waals surface area contributed by atoms with Crippen LogP contribution in [0.25, 0.3) is 33.8 Å². The van der Waals surface area contributed by atoms with Crippen molar-refractivity contribution in [1.82, 2.24) is 4.98 Å². The molecule has 0 aliphatic carbocycles. The quantitative estimate of drug-likeness (QED) is 0.322. The summed E-state index contributed by atoms with van der Waals surface area (Å²) in [6, 6.07) is 32.5. The second-order valence-corrected chi connectivity index (χ2v) is 8.65. The van der Waals surface area contributed by atoms with E-state index in [0.29, 0.717) is 0 Å². The lowest BCUT2D eigenvalue weighted by molar-refractivity contribution is 0.414. The van der Waals surface area contributed by atoms with Crippen LogP contribution in [0, 0.1) is 0 Å². The second-order valence-electron chi connectivity index (χ2n) is 8.65. The molecule has 0 radical (unpaired) electrons. The summed E-state index contributed by atoms with van der Waals surface area (Å²) in [6.45, 7) is 0. The Morgan fingerprint density at radius 2 is 1.61 bits per heavy atom. The van der Waals surface area contributed by atoms with Crippen molar-refractivity contribution in [3.05, 3.63) is 119 Å². The van der Waals surface area contributed by atoms with Gasteiger partial charge in [0.1, 0.15) is 5.75 Å². The highest BCUT2D eigenvalue weighted by molar-refractivity contribution is 6.07. The molecule has 3 nitrogen and oxygen atoms in total. The highest BCUT2D eigenvalue weighted by Gasteiger charge is 2.37. The number of anilines is 1. The Bertz CT molecular complexity index is 1560. The first-order valence-corrected chi connectivity index (χ1v) is 11.3. The van der Waals surface area contributed by atoms with Crippen molar-refractivity contribution in [3.8, 4) is 16.9 Å². The third-order valence-corrected chi connectivity index (χ3v) is 6.95. The fourth-order valence-corrected chi connectivity index (χ4v) is 5.51. The Hall–Kier alpha value is -4.24. The lowest BCUT2D eigenvalue weighted by Gasteiger charge is -2.39. The Morgan fingerprint density at radius 3 is 2.48 bits per heavy atom. The molecule has 158 valence electrons. The Kier molecular flexibility index (Phi) is 3.82. The van der Waals surface area contributed by atoms with Gasteiger partial charge in [-0.2, -0.15) is 0 Å². The number of hydrogen-bond donors (Lipinski definition) is 1. The zero-order valence-corrected chi connectivity index (χ0v) is 18.2. The van der Waals surface area contributed by atoms with Gasteiger partial charge >= 0.3 is 0 Å². The molecule has 7 rings (SSSR count). The first-order valence-electron chi connectivity index (χ1n) is 11.3. The maximum absolute atomic E-state index is 5.65.